The van der Waals surface area contributed by atoms with Gasteiger partial charge in [0.25, 0.3) is 8.53 Å². The van der Waals surface area contributed by atoms with Crippen LogP contribution in [0.5, 0.6) is 0 Å². The summed E-state index contributed by atoms with van der Waals surface area (Å²) in [4.78, 5) is 21.8. The average Bonchev–Trinajstić information content (AvgIpc) is 3.48. The molecule has 0 bridgehead atoms. The van der Waals surface area contributed by atoms with Crippen molar-refractivity contribution in [3.8, 4) is 12.3 Å². The van der Waals surface area contributed by atoms with E-state index < -0.39 is 33.1 Å². The summed E-state index contributed by atoms with van der Waals surface area (Å²) in [6.07, 6.45) is 5.24. The lowest BCUT2D eigenvalue weighted by Crippen LogP contribution is -2.39. The molecule has 39 heavy (non-hydrogen) atoms. The van der Waals surface area contributed by atoms with Crippen molar-refractivity contribution in [2.24, 2.45) is 10.9 Å². The summed E-state index contributed by atoms with van der Waals surface area (Å²) >= 11 is 0. The third-order valence-corrected chi connectivity index (χ3v) is 8.16. The summed E-state index contributed by atoms with van der Waals surface area (Å²) in [5.74, 6) is 3.98. The van der Waals surface area contributed by atoms with Crippen molar-refractivity contribution >= 4 is 26.0 Å². The van der Waals surface area contributed by atoms with Gasteiger partial charge in [-0.1, -0.05) is 13.8 Å². The Bertz CT molecular complexity index is 1030. The highest BCUT2D eigenvalue weighted by atomic mass is 31.2. The number of rotatable bonds is 12. The van der Waals surface area contributed by atoms with E-state index in [0.29, 0.717) is 42.8 Å². The fourth-order valence-corrected chi connectivity index (χ4v) is 6.18. The first-order valence-corrected chi connectivity index (χ1v) is 14.4. The van der Waals surface area contributed by atoms with Gasteiger partial charge in [0, 0.05) is 40.6 Å². The van der Waals surface area contributed by atoms with Crippen LogP contribution in [0.2, 0.25) is 0 Å². The molecule has 0 saturated carbocycles. The van der Waals surface area contributed by atoms with Crippen LogP contribution in [0.15, 0.2) is 11.3 Å². The molecule has 5 unspecified atom stereocenters. The Morgan fingerprint density at radius 1 is 1.41 bits per heavy atom. The molecule has 1 aromatic heterocycles. The van der Waals surface area contributed by atoms with Crippen molar-refractivity contribution in [1.82, 2.24) is 14.2 Å². The molecular weight excluding hydrogens is 521 g/mol. The molecule has 0 radical (unpaired) electrons. The largest absolute Gasteiger partial charge is 0.400 e. The molecule has 0 amide bonds. The molecule has 1 saturated heterocycles. The minimum absolute atomic E-state index is 0.0394. The lowest BCUT2D eigenvalue weighted by atomic mass is 10.1. The lowest BCUT2D eigenvalue weighted by Gasteiger charge is -2.38. The number of hydrogen-bond donors (Lipinski definition) is 2. The number of nitrogens with zero attached hydrogens (tertiary/aromatic N) is 4. The van der Waals surface area contributed by atoms with E-state index in [9.17, 15) is 4.79 Å². The molecule has 12 heteroatoms. The van der Waals surface area contributed by atoms with Crippen LogP contribution in [0.25, 0.3) is 0 Å². The number of nitrogens with one attached hydrogen (secondary N) is 1. The van der Waals surface area contributed by atoms with Crippen molar-refractivity contribution in [1.29, 1.82) is 1.43 Å². The third-order valence-electron chi connectivity index (χ3n) is 6.03. The number of fused-ring (bicyclic) bond motifs is 1. The highest BCUT2D eigenvalue weighted by Gasteiger charge is 2.48. The van der Waals surface area contributed by atoms with Gasteiger partial charge in [0.15, 0.2) is 12.0 Å². The first-order chi connectivity index (χ1) is 19.5. The SMILES string of the molecule is [2H]CC1OC(n2cnc3c2NC(=NCC(C)C)CC3=O)C(OC)C1OP(OCCC#C)N(C(C)C)C(C)C.[3H]OC. The topological polar surface area (TPSA) is 120 Å². The predicted molar refractivity (Wildman–Crippen MR) is 154 cm³/mol. The van der Waals surface area contributed by atoms with E-state index in [1.807, 2.05) is 0 Å². The van der Waals surface area contributed by atoms with Crippen molar-refractivity contribution in [3.63, 3.8) is 0 Å². The number of carbonyl (C=O) groups excluding carboxylic acids is 1. The van der Waals surface area contributed by atoms with Gasteiger partial charge in [-0.2, -0.15) is 0 Å². The van der Waals surface area contributed by atoms with Crippen LogP contribution >= 0.6 is 8.53 Å². The van der Waals surface area contributed by atoms with Crippen LogP contribution < -0.4 is 5.32 Å². The number of amidine groups is 1. The molecule has 0 aromatic carbocycles. The van der Waals surface area contributed by atoms with Gasteiger partial charge in [-0.05, 0) is 40.5 Å². The van der Waals surface area contributed by atoms with Gasteiger partial charge in [0.05, 0.1) is 25.5 Å². The van der Waals surface area contributed by atoms with Gasteiger partial charge in [-0.25, -0.2) is 9.65 Å². The highest BCUT2D eigenvalue weighted by molar-refractivity contribution is 7.44. The summed E-state index contributed by atoms with van der Waals surface area (Å²) in [6.45, 7) is 13.4. The Morgan fingerprint density at radius 3 is 2.67 bits per heavy atom. The van der Waals surface area contributed by atoms with E-state index in [4.69, 9.17) is 27.7 Å². The van der Waals surface area contributed by atoms with Crippen LogP contribution in [-0.2, 0) is 18.5 Å². The predicted octanol–water partition coefficient (Wildman–Crippen LogP) is 4.25. The molecule has 2 aliphatic rings. The number of imidazole rings is 1. The number of aromatic nitrogens is 2. The van der Waals surface area contributed by atoms with Crippen LogP contribution in [-0.4, -0.2) is 90.1 Å². The second-order valence-corrected chi connectivity index (χ2v) is 11.6. The number of aliphatic imine (C=N–C) groups is 1. The summed E-state index contributed by atoms with van der Waals surface area (Å²) in [7, 11) is 1.36. The number of hydrogen-bond acceptors (Lipinski definition) is 9. The smallest absolute Gasteiger partial charge is 0.259 e. The summed E-state index contributed by atoms with van der Waals surface area (Å²) in [6, 6.07) is 0.305. The molecule has 3 heterocycles. The van der Waals surface area contributed by atoms with Gasteiger partial charge < -0.3 is 28.9 Å². The summed E-state index contributed by atoms with van der Waals surface area (Å²) < 4.78 is 42.9. The Hall–Kier alpha value is -1.90. The standard InChI is InChI=1S/C26H42N5O5P.CH4O/c1-10-11-12-34-37(31(17(4)5)18(6)7)36-23-19(8)35-26(24(23)33-9)30-15-28-22-20(32)13-21(29-25(22)30)27-14-16(2)3;1-2/h1,15-19,23-24,26H,11-14H2,2-9H3,(H,27,29);2H,1H3/i8D;2T. The van der Waals surface area contributed by atoms with Gasteiger partial charge in [0.2, 0.25) is 1.43 Å². The zero-order chi connectivity index (χ0) is 30.7. The zero-order valence-electron chi connectivity index (χ0n) is 26.4. The summed E-state index contributed by atoms with van der Waals surface area (Å²) in [5, 5.41) is 6.78. The van der Waals surface area contributed by atoms with E-state index in [0.717, 1.165) is 0 Å². The van der Waals surface area contributed by atoms with E-state index in [1.165, 1.54) is 7.11 Å². The molecular formula is C27H46N5O6P. The van der Waals surface area contributed by atoms with Crippen molar-refractivity contribution in [2.45, 2.75) is 97.9 Å². The van der Waals surface area contributed by atoms with Gasteiger partial charge in [-0.3, -0.25) is 14.4 Å². The van der Waals surface area contributed by atoms with Gasteiger partial charge >= 0.3 is 0 Å². The number of aliphatic hydroxyl groups is 1. The second-order valence-electron chi connectivity index (χ2n) is 10.2. The fourth-order valence-electron chi connectivity index (χ4n) is 4.41. The van der Waals surface area contributed by atoms with Gasteiger partial charge in [0.1, 0.15) is 29.6 Å². The molecule has 0 spiro atoms. The first kappa shape index (κ1) is 30.1. The molecule has 220 valence electrons. The number of aliphatic hydroxyl groups excluding tert-OH is 1. The number of terminal acetylenes is 1. The molecule has 1 fully saturated rings. The Morgan fingerprint density at radius 2 is 2.10 bits per heavy atom. The average molecular weight is 571 g/mol. The Labute approximate surface area is 237 Å². The fraction of sp³-hybridized carbons (Fsp3) is 0.741. The quantitative estimate of drug-likeness (QED) is 0.216. The number of methoxy groups -OCH3 is 1. The van der Waals surface area contributed by atoms with Crippen molar-refractivity contribution in [2.75, 3.05) is 32.7 Å². The highest BCUT2D eigenvalue weighted by Crippen LogP contribution is 2.50. The Balaban J connectivity index is 0.00000187. The number of ether oxygens (including phenoxy) is 2. The maximum absolute atomic E-state index is 12.8. The van der Waals surface area contributed by atoms with E-state index in [1.54, 1.807) is 18.0 Å². The van der Waals surface area contributed by atoms with E-state index in [-0.39, 0.29) is 31.2 Å². The van der Waals surface area contributed by atoms with Crippen LogP contribution in [0.3, 0.4) is 0 Å². The van der Waals surface area contributed by atoms with Crippen LogP contribution in [0.1, 0.15) is 79.4 Å². The molecule has 2 aliphatic heterocycles. The molecule has 2 N–H and O–H groups in total. The van der Waals surface area contributed by atoms with Crippen LogP contribution in [0, 0.1) is 18.3 Å². The van der Waals surface area contributed by atoms with E-state index in [2.05, 4.69) is 72.5 Å². The van der Waals surface area contributed by atoms with Gasteiger partial charge in [-0.15, -0.1) is 12.3 Å². The van der Waals surface area contributed by atoms with Crippen molar-refractivity contribution in [3.05, 3.63) is 12.0 Å². The zero-order valence-corrected chi connectivity index (χ0v) is 25.3. The monoisotopic (exact) mass is 570 g/mol. The minimum atomic E-state index is -1.52. The molecule has 5 atom stereocenters. The third kappa shape index (κ3) is 8.30. The van der Waals surface area contributed by atoms with Crippen LogP contribution in [0.4, 0.5) is 5.82 Å². The lowest BCUT2D eigenvalue weighted by molar-refractivity contribution is -0.0474. The maximum Gasteiger partial charge on any atom is 0.259 e. The maximum atomic E-state index is 12.8. The molecule has 11 nitrogen and oxygen atoms in total. The molecule has 0 aliphatic carbocycles. The number of anilines is 1. The summed E-state index contributed by atoms with van der Waals surface area (Å²) in [5.41, 5.74) is 0.337. The second kappa shape index (κ2) is 15.8. The number of ketones is 1. The van der Waals surface area contributed by atoms with Crippen molar-refractivity contribution < 1.29 is 29.8 Å². The minimum Gasteiger partial charge on any atom is -0.400 e. The Kier molecular flexibility index (Phi) is 12.2. The number of carbonyl (C=O) groups is 1. The normalized spacial score (nSPS) is 25.3. The molecule has 1 aromatic rings. The molecule has 3 rings (SSSR count). The van der Waals surface area contributed by atoms with E-state index >= 15 is 0 Å². The first-order valence-electron chi connectivity index (χ1n) is 14.3. The number of Topliss-reactive ketones (excluding diaryl/α,β-unsaturated/α-hetero) is 1.